The highest BCUT2D eigenvalue weighted by atomic mass is 35.5. The molecule has 2 heterocycles. The summed E-state index contributed by atoms with van der Waals surface area (Å²) in [7, 11) is 0. The Bertz CT molecular complexity index is 1030. The summed E-state index contributed by atoms with van der Waals surface area (Å²) in [6.45, 7) is 0.230. The summed E-state index contributed by atoms with van der Waals surface area (Å²) in [4.78, 5) is 12.1. The van der Waals surface area contributed by atoms with Gasteiger partial charge in [-0.15, -0.1) is 0 Å². The van der Waals surface area contributed by atoms with Crippen LogP contribution in [-0.4, -0.2) is 27.7 Å². The summed E-state index contributed by atoms with van der Waals surface area (Å²) in [5.74, 6) is -2.06. The standard InChI is InChI=1S/C19H14ClF5N4/c1-2-10-7-12(21)8-13(22)14(10)15-16(20)28-17(11-3-5-26-6-4-11)29-18(15)27-9-19(23,24)25/h3-8H,2,9H2,1H3,(H,27,28,29). The van der Waals surface area contributed by atoms with Crippen LogP contribution in [0.25, 0.3) is 22.5 Å². The van der Waals surface area contributed by atoms with Gasteiger partial charge in [0.25, 0.3) is 0 Å². The molecule has 0 radical (unpaired) electrons. The lowest BCUT2D eigenvalue weighted by atomic mass is 9.98. The van der Waals surface area contributed by atoms with Crippen molar-refractivity contribution >= 4 is 17.4 Å². The number of hydrogen-bond donors (Lipinski definition) is 1. The van der Waals surface area contributed by atoms with Crippen LogP contribution in [0, 0.1) is 11.6 Å². The van der Waals surface area contributed by atoms with Gasteiger partial charge in [-0.25, -0.2) is 18.7 Å². The van der Waals surface area contributed by atoms with Crippen molar-refractivity contribution in [3.8, 4) is 22.5 Å². The Kier molecular flexibility index (Phi) is 5.97. The fourth-order valence-electron chi connectivity index (χ4n) is 2.78. The van der Waals surface area contributed by atoms with E-state index < -0.39 is 24.4 Å². The van der Waals surface area contributed by atoms with E-state index in [9.17, 15) is 22.0 Å². The van der Waals surface area contributed by atoms with Gasteiger partial charge in [-0.3, -0.25) is 4.98 Å². The number of hydrogen-bond acceptors (Lipinski definition) is 4. The van der Waals surface area contributed by atoms with E-state index in [2.05, 4.69) is 20.3 Å². The van der Waals surface area contributed by atoms with Crippen molar-refractivity contribution in [2.45, 2.75) is 19.5 Å². The predicted molar refractivity (Wildman–Crippen MR) is 99.5 cm³/mol. The minimum Gasteiger partial charge on any atom is -0.360 e. The zero-order valence-electron chi connectivity index (χ0n) is 15.0. The summed E-state index contributed by atoms with van der Waals surface area (Å²) in [5, 5.41) is 1.89. The smallest absolute Gasteiger partial charge is 0.360 e. The van der Waals surface area contributed by atoms with Gasteiger partial charge in [0.15, 0.2) is 5.82 Å². The Hall–Kier alpha value is -2.81. The number of rotatable bonds is 5. The molecule has 3 rings (SSSR count). The number of anilines is 1. The van der Waals surface area contributed by atoms with Gasteiger partial charge in [-0.2, -0.15) is 13.2 Å². The quantitative estimate of drug-likeness (QED) is 0.420. The van der Waals surface area contributed by atoms with Crippen LogP contribution >= 0.6 is 11.6 Å². The SMILES string of the molecule is CCc1cc(F)cc(F)c1-c1c(Cl)nc(-c2ccncc2)nc1NCC(F)(F)F. The molecule has 0 spiro atoms. The van der Waals surface area contributed by atoms with E-state index in [1.165, 1.54) is 12.4 Å². The molecule has 0 bridgehead atoms. The molecule has 0 atom stereocenters. The maximum Gasteiger partial charge on any atom is 0.405 e. The normalized spacial score (nSPS) is 11.6. The van der Waals surface area contributed by atoms with E-state index in [1.54, 1.807) is 19.1 Å². The van der Waals surface area contributed by atoms with Crippen LogP contribution in [0.3, 0.4) is 0 Å². The lowest BCUT2D eigenvalue weighted by Crippen LogP contribution is -2.22. The molecule has 29 heavy (non-hydrogen) atoms. The molecule has 0 unspecified atom stereocenters. The molecule has 4 nitrogen and oxygen atoms in total. The maximum absolute atomic E-state index is 14.6. The molecule has 0 fully saturated rings. The van der Waals surface area contributed by atoms with E-state index in [4.69, 9.17) is 11.6 Å². The first-order valence-electron chi connectivity index (χ1n) is 8.46. The number of alkyl halides is 3. The van der Waals surface area contributed by atoms with Gasteiger partial charge in [-0.05, 0) is 30.2 Å². The topological polar surface area (TPSA) is 50.7 Å². The molecule has 10 heteroatoms. The van der Waals surface area contributed by atoms with Crippen molar-refractivity contribution in [1.29, 1.82) is 0 Å². The van der Waals surface area contributed by atoms with Crippen LogP contribution in [0.2, 0.25) is 5.15 Å². The highest BCUT2D eigenvalue weighted by molar-refractivity contribution is 6.33. The van der Waals surface area contributed by atoms with Crippen molar-refractivity contribution < 1.29 is 22.0 Å². The molecule has 0 amide bonds. The van der Waals surface area contributed by atoms with E-state index >= 15 is 0 Å². The summed E-state index contributed by atoms with van der Waals surface area (Å²) < 4.78 is 66.7. The van der Waals surface area contributed by atoms with E-state index in [0.29, 0.717) is 11.6 Å². The number of nitrogens with zero attached hydrogens (tertiary/aromatic N) is 3. The fraction of sp³-hybridized carbons (Fsp3) is 0.211. The van der Waals surface area contributed by atoms with E-state index in [-0.39, 0.29) is 39.9 Å². The van der Waals surface area contributed by atoms with Gasteiger partial charge in [0.1, 0.15) is 29.2 Å². The van der Waals surface area contributed by atoms with Crippen molar-refractivity contribution in [3.63, 3.8) is 0 Å². The number of nitrogens with one attached hydrogen (secondary N) is 1. The van der Waals surface area contributed by atoms with E-state index in [0.717, 1.165) is 6.07 Å². The monoisotopic (exact) mass is 428 g/mol. The van der Waals surface area contributed by atoms with Crippen molar-refractivity contribution in [2.75, 3.05) is 11.9 Å². The number of aryl methyl sites for hydroxylation is 1. The number of aromatic nitrogens is 3. The Morgan fingerprint density at radius 2 is 1.72 bits per heavy atom. The summed E-state index contributed by atoms with van der Waals surface area (Å²) in [6, 6.07) is 4.83. The number of halogens is 6. The van der Waals surface area contributed by atoms with Crippen LogP contribution in [0.4, 0.5) is 27.8 Å². The second kappa shape index (κ2) is 8.28. The molecular formula is C19H14ClF5N4. The van der Waals surface area contributed by atoms with Gasteiger partial charge in [0, 0.05) is 29.6 Å². The average Bonchev–Trinajstić information content (AvgIpc) is 2.66. The molecular weight excluding hydrogens is 415 g/mol. The highest BCUT2D eigenvalue weighted by Gasteiger charge is 2.29. The number of pyridine rings is 1. The first-order chi connectivity index (χ1) is 13.7. The minimum atomic E-state index is -4.56. The average molecular weight is 429 g/mol. The van der Waals surface area contributed by atoms with Crippen LogP contribution in [0.5, 0.6) is 0 Å². The first kappa shape index (κ1) is 20.9. The third kappa shape index (κ3) is 4.79. The maximum atomic E-state index is 14.6. The summed E-state index contributed by atoms with van der Waals surface area (Å²) in [5.41, 5.74) is 0.367. The molecule has 0 saturated heterocycles. The number of benzene rings is 1. The Morgan fingerprint density at radius 3 is 2.34 bits per heavy atom. The van der Waals surface area contributed by atoms with Crippen LogP contribution in [0.1, 0.15) is 12.5 Å². The van der Waals surface area contributed by atoms with Gasteiger partial charge in [-0.1, -0.05) is 18.5 Å². The lowest BCUT2D eigenvalue weighted by Gasteiger charge is -2.18. The molecule has 3 aromatic rings. The zero-order chi connectivity index (χ0) is 21.2. The summed E-state index contributed by atoms with van der Waals surface area (Å²) in [6.07, 6.45) is -1.43. The van der Waals surface area contributed by atoms with Gasteiger partial charge in [0.05, 0.1) is 5.56 Å². The van der Waals surface area contributed by atoms with E-state index in [1.807, 2.05) is 0 Å². The molecule has 152 valence electrons. The fourth-order valence-corrected chi connectivity index (χ4v) is 3.05. The Labute approximate surface area is 167 Å². The van der Waals surface area contributed by atoms with Gasteiger partial charge in [0.2, 0.25) is 0 Å². The predicted octanol–water partition coefficient (Wildman–Crippen LogP) is 5.67. The largest absolute Gasteiger partial charge is 0.405 e. The molecule has 1 aromatic carbocycles. The van der Waals surface area contributed by atoms with Crippen LogP contribution in [-0.2, 0) is 6.42 Å². The molecule has 0 saturated carbocycles. The summed E-state index contributed by atoms with van der Waals surface area (Å²) >= 11 is 6.26. The van der Waals surface area contributed by atoms with Crippen LogP contribution in [0.15, 0.2) is 36.7 Å². The second-order valence-electron chi connectivity index (χ2n) is 6.04. The first-order valence-corrected chi connectivity index (χ1v) is 8.84. The Balaban J connectivity index is 2.23. The Morgan fingerprint density at radius 1 is 1.03 bits per heavy atom. The van der Waals surface area contributed by atoms with Gasteiger partial charge < -0.3 is 5.32 Å². The van der Waals surface area contributed by atoms with Crippen LogP contribution < -0.4 is 5.32 Å². The van der Waals surface area contributed by atoms with Crippen molar-refractivity contribution in [3.05, 3.63) is 59.0 Å². The van der Waals surface area contributed by atoms with Crippen molar-refractivity contribution in [1.82, 2.24) is 15.0 Å². The second-order valence-corrected chi connectivity index (χ2v) is 6.40. The lowest BCUT2D eigenvalue weighted by molar-refractivity contribution is -0.115. The molecule has 1 N–H and O–H groups in total. The third-order valence-corrected chi connectivity index (χ3v) is 4.30. The molecule has 2 aromatic heterocycles. The highest BCUT2D eigenvalue weighted by Crippen LogP contribution is 2.39. The zero-order valence-corrected chi connectivity index (χ0v) is 15.7. The van der Waals surface area contributed by atoms with Gasteiger partial charge >= 0.3 is 6.18 Å². The molecule has 0 aliphatic rings. The third-order valence-electron chi connectivity index (χ3n) is 4.03. The van der Waals surface area contributed by atoms with Crippen molar-refractivity contribution in [2.24, 2.45) is 0 Å². The minimum absolute atomic E-state index is 0.0337. The molecule has 0 aliphatic carbocycles. The molecule has 0 aliphatic heterocycles.